The zero-order chi connectivity index (χ0) is 12.3. The molecule has 0 fully saturated rings. The molecule has 1 amide bonds. The normalized spacial score (nSPS) is 18.0. The molecule has 0 aromatic heterocycles. The summed E-state index contributed by atoms with van der Waals surface area (Å²) in [7, 11) is 0. The first-order valence-electron chi connectivity index (χ1n) is 5.60. The van der Waals surface area contributed by atoms with Gasteiger partial charge in [-0.25, -0.2) is 0 Å². The number of allylic oxidation sites excluding steroid dienone is 2. The maximum Gasteiger partial charge on any atom is 0.242 e. The molecule has 1 aliphatic carbocycles. The maximum atomic E-state index is 11.7. The van der Waals surface area contributed by atoms with Crippen LogP contribution in [0.5, 0.6) is 0 Å². The molecule has 16 heavy (non-hydrogen) atoms. The van der Waals surface area contributed by atoms with Gasteiger partial charge in [-0.3, -0.25) is 9.59 Å². The molecule has 1 unspecified atom stereocenters. The van der Waals surface area contributed by atoms with E-state index < -0.39 is 0 Å². The number of hydrogen-bond donors (Lipinski definition) is 2. The van der Waals surface area contributed by atoms with Crippen LogP contribution in [-0.4, -0.2) is 23.3 Å². The highest BCUT2D eigenvalue weighted by atomic mass is 16.2. The Labute approximate surface area is 96.5 Å². The van der Waals surface area contributed by atoms with Gasteiger partial charge in [0.2, 0.25) is 5.91 Å². The van der Waals surface area contributed by atoms with Crippen molar-refractivity contribution in [2.45, 2.75) is 52.1 Å². The van der Waals surface area contributed by atoms with Crippen LogP contribution in [0.2, 0.25) is 0 Å². The number of carbonyl (C=O) groups is 2. The largest absolute Gasteiger partial charge is 0.377 e. The molecule has 4 heteroatoms. The zero-order valence-electron chi connectivity index (χ0n) is 10.4. The smallest absolute Gasteiger partial charge is 0.242 e. The molecule has 0 aliphatic heterocycles. The third kappa shape index (κ3) is 4.04. The summed E-state index contributed by atoms with van der Waals surface area (Å²) in [6.07, 6.45) is 2.85. The van der Waals surface area contributed by atoms with Gasteiger partial charge in [-0.1, -0.05) is 0 Å². The predicted molar refractivity (Wildman–Crippen MR) is 62.8 cm³/mol. The zero-order valence-corrected chi connectivity index (χ0v) is 10.4. The average Bonchev–Trinajstić information content (AvgIpc) is 2.48. The molecule has 0 bridgehead atoms. The Morgan fingerprint density at radius 2 is 2.00 bits per heavy atom. The van der Waals surface area contributed by atoms with E-state index in [1.807, 2.05) is 20.8 Å². The minimum absolute atomic E-state index is 0.0484. The van der Waals surface area contributed by atoms with Gasteiger partial charge < -0.3 is 10.6 Å². The van der Waals surface area contributed by atoms with Gasteiger partial charge in [-0.2, -0.15) is 0 Å². The van der Waals surface area contributed by atoms with Crippen molar-refractivity contribution in [2.24, 2.45) is 0 Å². The maximum absolute atomic E-state index is 11.7. The van der Waals surface area contributed by atoms with Gasteiger partial charge in [-0.05, 0) is 34.1 Å². The fourth-order valence-electron chi connectivity index (χ4n) is 1.53. The van der Waals surface area contributed by atoms with Crippen LogP contribution in [0.15, 0.2) is 11.8 Å². The van der Waals surface area contributed by atoms with Crippen LogP contribution in [-0.2, 0) is 9.59 Å². The fraction of sp³-hybridized carbons (Fsp3) is 0.667. The lowest BCUT2D eigenvalue weighted by Gasteiger charge is -2.24. The van der Waals surface area contributed by atoms with Gasteiger partial charge in [0.15, 0.2) is 5.78 Å². The molecular weight excluding hydrogens is 204 g/mol. The van der Waals surface area contributed by atoms with E-state index in [9.17, 15) is 9.59 Å². The van der Waals surface area contributed by atoms with Crippen molar-refractivity contribution >= 4 is 11.7 Å². The molecule has 0 spiro atoms. The summed E-state index contributed by atoms with van der Waals surface area (Å²) in [5.74, 6) is 0.0821. The molecule has 90 valence electrons. The van der Waals surface area contributed by atoms with Crippen LogP contribution in [0.1, 0.15) is 40.5 Å². The number of hydrogen-bond acceptors (Lipinski definition) is 3. The predicted octanol–water partition coefficient (Wildman–Crippen LogP) is 1.13. The molecule has 0 radical (unpaired) electrons. The van der Waals surface area contributed by atoms with Crippen LogP contribution in [0.3, 0.4) is 0 Å². The minimum atomic E-state index is -0.309. The van der Waals surface area contributed by atoms with Gasteiger partial charge in [0.05, 0.1) is 0 Å². The Hall–Kier alpha value is -1.32. The van der Waals surface area contributed by atoms with Crippen molar-refractivity contribution in [3.05, 3.63) is 11.8 Å². The number of ketones is 1. The highest BCUT2D eigenvalue weighted by molar-refractivity contribution is 5.93. The third-order valence-corrected chi connectivity index (χ3v) is 2.27. The minimum Gasteiger partial charge on any atom is -0.377 e. The van der Waals surface area contributed by atoms with Crippen molar-refractivity contribution in [3.63, 3.8) is 0 Å². The first kappa shape index (κ1) is 12.7. The van der Waals surface area contributed by atoms with Gasteiger partial charge >= 0.3 is 0 Å². The summed E-state index contributed by atoms with van der Waals surface area (Å²) in [5.41, 5.74) is 0.633. The first-order chi connectivity index (χ1) is 7.28. The Balaban J connectivity index is 2.46. The lowest BCUT2D eigenvalue weighted by molar-refractivity contribution is -0.124. The third-order valence-electron chi connectivity index (χ3n) is 2.27. The standard InChI is InChI=1S/C12H20N2O2/c1-8(11(16)14-12(2,3)4)13-9-5-6-10(15)7-9/h7-8,13H,5-6H2,1-4H3,(H,14,16). The molecule has 1 aliphatic rings. The van der Waals surface area contributed by atoms with Crippen molar-refractivity contribution < 1.29 is 9.59 Å². The van der Waals surface area contributed by atoms with E-state index in [0.29, 0.717) is 12.8 Å². The topological polar surface area (TPSA) is 58.2 Å². The molecule has 0 heterocycles. The summed E-state index contributed by atoms with van der Waals surface area (Å²) < 4.78 is 0. The van der Waals surface area contributed by atoms with Gasteiger partial charge in [0, 0.05) is 23.7 Å². The van der Waals surface area contributed by atoms with E-state index in [0.717, 1.165) is 5.70 Å². The molecule has 0 saturated carbocycles. The number of carbonyl (C=O) groups excluding carboxylic acids is 2. The molecular formula is C12H20N2O2. The van der Waals surface area contributed by atoms with Crippen LogP contribution < -0.4 is 10.6 Å². The second kappa shape index (κ2) is 4.68. The number of rotatable bonds is 3. The monoisotopic (exact) mass is 224 g/mol. The van der Waals surface area contributed by atoms with E-state index >= 15 is 0 Å². The van der Waals surface area contributed by atoms with E-state index in [1.54, 1.807) is 13.0 Å². The summed E-state index contributed by atoms with van der Waals surface area (Å²) in [6, 6.07) is -0.309. The summed E-state index contributed by atoms with van der Waals surface area (Å²) in [4.78, 5) is 22.8. The van der Waals surface area contributed by atoms with Crippen molar-refractivity contribution in [1.82, 2.24) is 10.6 Å². The first-order valence-corrected chi connectivity index (χ1v) is 5.60. The van der Waals surface area contributed by atoms with Crippen molar-refractivity contribution in [1.29, 1.82) is 0 Å². The number of nitrogens with one attached hydrogen (secondary N) is 2. The van der Waals surface area contributed by atoms with Crippen LogP contribution in [0.4, 0.5) is 0 Å². The van der Waals surface area contributed by atoms with Crippen LogP contribution in [0, 0.1) is 0 Å². The Kier molecular flexibility index (Phi) is 3.73. The van der Waals surface area contributed by atoms with Crippen molar-refractivity contribution in [3.8, 4) is 0 Å². The summed E-state index contributed by atoms with van der Waals surface area (Å²) >= 11 is 0. The average molecular weight is 224 g/mol. The van der Waals surface area contributed by atoms with E-state index in [2.05, 4.69) is 10.6 Å². The quantitative estimate of drug-likeness (QED) is 0.755. The molecule has 0 aromatic rings. The fourth-order valence-corrected chi connectivity index (χ4v) is 1.53. The molecule has 1 rings (SSSR count). The van der Waals surface area contributed by atoms with Crippen LogP contribution >= 0.6 is 0 Å². The molecule has 2 N–H and O–H groups in total. The van der Waals surface area contributed by atoms with E-state index in [4.69, 9.17) is 0 Å². The molecule has 0 saturated heterocycles. The van der Waals surface area contributed by atoms with Gasteiger partial charge in [0.25, 0.3) is 0 Å². The Morgan fingerprint density at radius 1 is 1.38 bits per heavy atom. The van der Waals surface area contributed by atoms with Gasteiger partial charge in [0.1, 0.15) is 6.04 Å². The lowest BCUT2D eigenvalue weighted by atomic mass is 10.1. The van der Waals surface area contributed by atoms with Gasteiger partial charge in [-0.15, -0.1) is 0 Å². The molecule has 4 nitrogen and oxygen atoms in total. The van der Waals surface area contributed by atoms with Crippen molar-refractivity contribution in [2.75, 3.05) is 0 Å². The SMILES string of the molecule is CC(NC1=CC(=O)CC1)C(=O)NC(C)(C)C. The summed E-state index contributed by atoms with van der Waals surface area (Å²) in [6.45, 7) is 7.62. The second-order valence-electron chi connectivity index (χ2n) is 5.24. The summed E-state index contributed by atoms with van der Waals surface area (Å²) in [5, 5.41) is 5.95. The second-order valence-corrected chi connectivity index (χ2v) is 5.24. The Morgan fingerprint density at radius 3 is 2.44 bits per heavy atom. The molecule has 0 aromatic carbocycles. The lowest BCUT2D eigenvalue weighted by Crippen LogP contribution is -2.49. The highest BCUT2D eigenvalue weighted by Crippen LogP contribution is 2.12. The van der Waals surface area contributed by atoms with E-state index in [-0.39, 0.29) is 23.3 Å². The Bertz CT molecular complexity index is 326. The van der Waals surface area contributed by atoms with E-state index in [1.165, 1.54) is 0 Å². The van der Waals surface area contributed by atoms with Crippen LogP contribution in [0.25, 0.3) is 0 Å². The highest BCUT2D eigenvalue weighted by Gasteiger charge is 2.21. The molecule has 1 atom stereocenters. The number of amides is 1.